The first kappa shape index (κ1) is 15.8. The number of aliphatic imine (C=N–C) groups is 1. The number of para-hydroxylation sites is 1. The van der Waals surface area contributed by atoms with Crippen LogP contribution >= 0.6 is 0 Å². The van der Waals surface area contributed by atoms with Crippen LogP contribution in [0.3, 0.4) is 0 Å². The lowest BCUT2D eigenvalue weighted by Crippen LogP contribution is -2.28. The number of fused-ring (bicyclic) bond motifs is 1. The Morgan fingerprint density at radius 2 is 1.58 bits per heavy atom. The van der Waals surface area contributed by atoms with E-state index >= 15 is 0 Å². The van der Waals surface area contributed by atoms with Crippen LogP contribution < -0.4 is 0 Å². The lowest BCUT2D eigenvalue weighted by atomic mass is 9.85. The van der Waals surface area contributed by atoms with Crippen molar-refractivity contribution in [3.05, 3.63) is 95.5 Å². The van der Waals surface area contributed by atoms with Crippen LogP contribution in [0.4, 0.5) is 5.69 Å². The molecule has 0 saturated carbocycles. The van der Waals surface area contributed by atoms with E-state index in [0.717, 1.165) is 0 Å². The van der Waals surface area contributed by atoms with Gasteiger partial charge >= 0.3 is 0 Å². The van der Waals surface area contributed by atoms with Crippen molar-refractivity contribution in [1.29, 1.82) is 0 Å². The highest BCUT2D eigenvalue weighted by molar-refractivity contribution is 6.60. The number of allylic oxidation sites excluding steroid dienone is 1. The monoisotopic (exact) mass is 343 g/mol. The van der Waals surface area contributed by atoms with Crippen molar-refractivity contribution in [3.63, 3.8) is 0 Å². The first-order chi connectivity index (χ1) is 12.7. The zero-order chi connectivity index (χ0) is 18.1. The smallest absolute Gasteiger partial charge is 0.234 e. The number of hydrogen-bond donors (Lipinski definition) is 1. The van der Waals surface area contributed by atoms with Gasteiger partial charge in [0.25, 0.3) is 0 Å². The minimum atomic E-state index is -0.593. The molecule has 26 heavy (non-hydrogen) atoms. The van der Waals surface area contributed by atoms with Gasteiger partial charge in [0.05, 0.1) is 17.5 Å². The van der Waals surface area contributed by atoms with E-state index < -0.39 is 11.6 Å². The van der Waals surface area contributed by atoms with Gasteiger partial charge in [0.1, 0.15) is 11.5 Å². The molecule has 2 aromatic carbocycles. The Hall–Kier alpha value is -3.73. The number of ketones is 2. The van der Waals surface area contributed by atoms with E-state index in [-0.39, 0.29) is 22.8 Å². The van der Waals surface area contributed by atoms with Crippen molar-refractivity contribution in [2.45, 2.75) is 0 Å². The average molecular weight is 343 g/mol. The number of aliphatic hydroxyl groups excluding tert-OH is 1. The minimum Gasteiger partial charge on any atom is -0.506 e. The highest BCUT2D eigenvalue weighted by Crippen LogP contribution is 2.31. The molecule has 1 aromatic heterocycles. The number of nitrogens with zero attached hydrogens (tertiary/aromatic N) is 1. The molecule has 0 amide bonds. The molecule has 1 heterocycles. The predicted octanol–water partition coefficient (Wildman–Crippen LogP) is 4.40. The quantitative estimate of drug-likeness (QED) is 0.715. The Morgan fingerprint density at radius 1 is 0.885 bits per heavy atom. The normalized spacial score (nSPS) is 15.2. The third kappa shape index (κ3) is 2.56. The number of aliphatic hydroxyl groups is 1. The van der Waals surface area contributed by atoms with Crippen LogP contribution in [-0.4, -0.2) is 22.4 Å². The number of hydrogen-bond acceptors (Lipinski definition) is 5. The number of Topliss-reactive ketones (excluding diaryl/α,β-unsaturated/α-hetero) is 2. The third-order valence-electron chi connectivity index (χ3n) is 4.08. The van der Waals surface area contributed by atoms with Crippen LogP contribution in [0.5, 0.6) is 0 Å². The van der Waals surface area contributed by atoms with E-state index in [2.05, 4.69) is 4.99 Å². The van der Waals surface area contributed by atoms with Gasteiger partial charge in [0.2, 0.25) is 11.6 Å². The molecule has 0 bridgehead atoms. The summed E-state index contributed by atoms with van der Waals surface area (Å²) in [6.07, 6.45) is 1.36. The molecule has 1 aliphatic rings. The summed E-state index contributed by atoms with van der Waals surface area (Å²) in [7, 11) is 0. The molecular weight excluding hydrogens is 330 g/mol. The zero-order valence-electron chi connectivity index (χ0n) is 13.5. The minimum absolute atomic E-state index is 0.0273. The maximum absolute atomic E-state index is 13.0. The SMILES string of the molecule is O=C(C1=C(O)c2ccccc2C(=O)C1=Nc1ccccc1)c1ccco1. The molecule has 0 unspecified atom stereocenters. The van der Waals surface area contributed by atoms with Gasteiger partial charge in [-0.2, -0.15) is 0 Å². The molecule has 5 heteroatoms. The Kier molecular flexibility index (Phi) is 3.82. The summed E-state index contributed by atoms with van der Waals surface area (Å²) in [5.74, 6) is -1.27. The van der Waals surface area contributed by atoms with Gasteiger partial charge in [-0.25, -0.2) is 4.99 Å². The van der Waals surface area contributed by atoms with Crippen molar-refractivity contribution in [1.82, 2.24) is 0 Å². The molecule has 0 atom stereocenters. The summed E-state index contributed by atoms with van der Waals surface area (Å²) in [5.41, 5.74) is 0.851. The van der Waals surface area contributed by atoms with Crippen LogP contribution in [0.1, 0.15) is 26.5 Å². The number of carbonyl (C=O) groups is 2. The molecule has 4 rings (SSSR count). The molecular formula is C21H13NO4. The fourth-order valence-electron chi connectivity index (χ4n) is 2.86. The van der Waals surface area contributed by atoms with E-state index in [9.17, 15) is 14.7 Å². The van der Waals surface area contributed by atoms with Gasteiger partial charge < -0.3 is 9.52 Å². The third-order valence-corrected chi connectivity index (χ3v) is 4.08. The van der Waals surface area contributed by atoms with Crippen molar-refractivity contribution in [3.8, 4) is 0 Å². The van der Waals surface area contributed by atoms with Gasteiger partial charge in [-0.1, -0.05) is 42.5 Å². The lowest BCUT2D eigenvalue weighted by Gasteiger charge is -2.19. The van der Waals surface area contributed by atoms with E-state index in [1.165, 1.54) is 12.3 Å². The van der Waals surface area contributed by atoms with Gasteiger partial charge in [-0.15, -0.1) is 0 Å². The topological polar surface area (TPSA) is 79.9 Å². The lowest BCUT2D eigenvalue weighted by molar-refractivity contribution is 0.0997. The summed E-state index contributed by atoms with van der Waals surface area (Å²) in [6, 6.07) is 18.4. The van der Waals surface area contributed by atoms with Gasteiger partial charge in [-0.3, -0.25) is 9.59 Å². The number of rotatable bonds is 3. The van der Waals surface area contributed by atoms with Gasteiger partial charge in [0, 0.05) is 11.1 Å². The van der Waals surface area contributed by atoms with Crippen molar-refractivity contribution in [2.75, 3.05) is 0 Å². The molecule has 0 fully saturated rings. The number of carbonyl (C=O) groups excluding carboxylic acids is 2. The second-order valence-corrected chi connectivity index (χ2v) is 5.70. The van der Waals surface area contributed by atoms with Crippen LogP contribution in [-0.2, 0) is 0 Å². The summed E-state index contributed by atoms with van der Waals surface area (Å²) in [6.45, 7) is 0. The number of benzene rings is 2. The first-order valence-corrected chi connectivity index (χ1v) is 7.96. The predicted molar refractivity (Wildman–Crippen MR) is 96.9 cm³/mol. The maximum Gasteiger partial charge on any atom is 0.234 e. The Bertz CT molecular complexity index is 1060. The molecule has 3 aromatic rings. The Labute approximate surface area is 148 Å². The van der Waals surface area contributed by atoms with E-state index in [1.807, 2.05) is 6.07 Å². The highest BCUT2D eigenvalue weighted by Gasteiger charge is 2.36. The fourth-order valence-corrected chi connectivity index (χ4v) is 2.86. The summed E-state index contributed by atoms with van der Waals surface area (Å²) in [5, 5.41) is 10.7. The van der Waals surface area contributed by atoms with Crippen molar-refractivity contribution in [2.24, 2.45) is 4.99 Å². The maximum atomic E-state index is 13.0. The van der Waals surface area contributed by atoms with Crippen molar-refractivity contribution < 1.29 is 19.1 Å². The summed E-state index contributed by atoms with van der Waals surface area (Å²) >= 11 is 0. The van der Waals surface area contributed by atoms with Gasteiger partial charge in [0.15, 0.2) is 5.76 Å². The first-order valence-electron chi connectivity index (χ1n) is 7.96. The highest BCUT2D eigenvalue weighted by atomic mass is 16.3. The van der Waals surface area contributed by atoms with Crippen LogP contribution in [0.15, 0.2) is 88.0 Å². The van der Waals surface area contributed by atoms with Crippen LogP contribution in [0, 0.1) is 0 Å². The molecule has 0 radical (unpaired) electrons. The Balaban J connectivity index is 1.97. The molecule has 1 aliphatic carbocycles. The van der Waals surface area contributed by atoms with E-state index in [0.29, 0.717) is 16.8 Å². The molecule has 0 spiro atoms. The van der Waals surface area contributed by atoms with Crippen LogP contribution in [0.2, 0.25) is 0 Å². The summed E-state index contributed by atoms with van der Waals surface area (Å²) in [4.78, 5) is 30.2. The molecule has 0 aliphatic heterocycles. The largest absolute Gasteiger partial charge is 0.506 e. The number of furan rings is 1. The zero-order valence-corrected chi connectivity index (χ0v) is 13.5. The molecule has 5 nitrogen and oxygen atoms in total. The fraction of sp³-hybridized carbons (Fsp3) is 0. The average Bonchev–Trinajstić information content (AvgIpc) is 3.21. The second-order valence-electron chi connectivity index (χ2n) is 5.70. The van der Waals surface area contributed by atoms with Crippen molar-refractivity contribution >= 4 is 28.7 Å². The second kappa shape index (κ2) is 6.29. The van der Waals surface area contributed by atoms with Crippen LogP contribution in [0.25, 0.3) is 5.76 Å². The molecule has 126 valence electrons. The Morgan fingerprint density at radius 3 is 2.27 bits per heavy atom. The summed E-state index contributed by atoms with van der Waals surface area (Å²) < 4.78 is 5.16. The van der Waals surface area contributed by atoms with E-state index in [4.69, 9.17) is 4.42 Å². The van der Waals surface area contributed by atoms with Gasteiger partial charge in [-0.05, 0) is 24.3 Å². The molecule has 1 N–H and O–H groups in total. The molecule has 0 saturated heterocycles. The standard InChI is InChI=1S/C21H13NO4/c23-19-14-9-4-5-10-15(14)20(24)18(22-13-7-2-1-3-8-13)17(19)21(25)16-11-6-12-26-16/h1-12,23H. The van der Waals surface area contributed by atoms with E-state index in [1.54, 1.807) is 54.6 Å².